The molecule has 0 unspecified atom stereocenters. The zero-order valence-corrected chi connectivity index (χ0v) is 12.2. The van der Waals surface area contributed by atoms with Gasteiger partial charge in [-0.05, 0) is 46.5 Å². The second kappa shape index (κ2) is 7.65. The molecule has 1 heterocycles. The smallest absolute Gasteiger partial charge is 0.191 e. The minimum Gasteiger partial charge on any atom is -0.356 e. The quantitative estimate of drug-likeness (QED) is 0.656. The molecule has 2 rings (SSSR count). The van der Waals surface area contributed by atoms with E-state index in [2.05, 4.69) is 32.5 Å². The number of halogens is 1. The van der Waals surface area contributed by atoms with E-state index in [4.69, 9.17) is 0 Å². The van der Waals surface area contributed by atoms with Crippen molar-refractivity contribution < 1.29 is 4.39 Å². The molecule has 0 aliphatic heterocycles. The van der Waals surface area contributed by atoms with Gasteiger partial charge in [0.05, 0.1) is 0 Å². The molecule has 0 radical (unpaired) electrons. The Morgan fingerprint density at radius 2 is 1.95 bits per heavy atom. The second-order valence-corrected chi connectivity index (χ2v) is 5.14. The Morgan fingerprint density at radius 3 is 2.60 bits per heavy atom. The molecule has 0 bridgehead atoms. The molecule has 0 atom stereocenters. The van der Waals surface area contributed by atoms with Crippen molar-refractivity contribution in [2.75, 3.05) is 13.6 Å². The van der Waals surface area contributed by atoms with E-state index in [9.17, 15) is 4.39 Å². The average molecular weight is 291 g/mol. The lowest BCUT2D eigenvalue weighted by Gasteiger charge is -2.11. The van der Waals surface area contributed by atoms with Gasteiger partial charge in [0.2, 0.25) is 0 Å². The molecule has 3 nitrogen and oxygen atoms in total. The van der Waals surface area contributed by atoms with Gasteiger partial charge in [-0.15, -0.1) is 0 Å². The summed E-state index contributed by atoms with van der Waals surface area (Å²) in [7, 11) is 1.75. The van der Waals surface area contributed by atoms with Gasteiger partial charge >= 0.3 is 0 Å². The van der Waals surface area contributed by atoms with E-state index < -0.39 is 0 Å². The molecule has 0 fully saturated rings. The fraction of sp³-hybridized carbons (Fsp3) is 0.267. The largest absolute Gasteiger partial charge is 0.356 e. The van der Waals surface area contributed by atoms with Crippen molar-refractivity contribution in [3.05, 3.63) is 58.0 Å². The van der Waals surface area contributed by atoms with Crippen molar-refractivity contribution in [3.8, 4) is 0 Å². The molecule has 1 aromatic carbocycles. The van der Waals surface area contributed by atoms with Gasteiger partial charge in [-0.2, -0.15) is 11.3 Å². The third-order valence-electron chi connectivity index (χ3n) is 2.88. The highest BCUT2D eigenvalue weighted by Crippen LogP contribution is 2.05. The molecule has 20 heavy (non-hydrogen) atoms. The summed E-state index contributed by atoms with van der Waals surface area (Å²) in [5.74, 6) is 0.577. The predicted molar refractivity (Wildman–Crippen MR) is 82.6 cm³/mol. The molecule has 2 N–H and O–H groups in total. The Labute approximate surface area is 122 Å². The van der Waals surface area contributed by atoms with Gasteiger partial charge in [-0.25, -0.2) is 4.39 Å². The molecule has 5 heteroatoms. The maximum absolute atomic E-state index is 12.8. The molecule has 0 spiro atoms. The standard InChI is InChI=1S/C15H18FN3S/c1-17-15(19-10-13-7-9-20-11-13)18-8-6-12-2-4-14(16)5-3-12/h2-5,7,9,11H,6,8,10H2,1H3,(H2,17,18,19). The average Bonchev–Trinajstić information content (AvgIpc) is 2.98. The van der Waals surface area contributed by atoms with Crippen molar-refractivity contribution in [3.63, 3.8) is 0 Å². The Kier molecular flexibility index (Phi) is 5.55. The van der Waals surface area contributed by atoms with Crippen molar-refractivity contribution in [2.45, 2.75) is 13.0 Å². The number of hydrogen-bond donors (Lipinski definition) is 2. The molecule has 0 aliphatic carbocycles. The molecule has 0 saturated heterocycles. The Hall–Kier alpha value is -1.88. The lowest BCUT2D eigenvalue weighted by Crippen LogP contribution is -2.37. The summed E-state index contributed by atoms with van der Waals surface area (Å²) < 4.78 is 12.8. The topological polar surface area (TPSA) is 36.4 Å². The van der Waals surface area contributed by atoms with Crippen LogP contribution in [0.3, 0.4) is 0 Å². The fourth-order valence-electron chi connectivity index (χ4n) is 1.78. The molecule has 0 aliphatic rings. The number of rotatable bonds is 5. The van der Waals surface area contributed by atoms with Crippen molar-refractivity contribution in [2.24, 2.45) is 4.99 Å². The highest BCUT2D eigenvalue weighted by atomic mass is 32.1. The highest BCUT2D eigenvalue weighted by Gasteiger charge is 1.99. The third kappa shape index (κ3) is 4.66. The first kappa shape index (κ1) is 14.5. The van der Waals surface area contributed by atoms with Crippen LogP contribution in [-0.4, -0.2) is 19.6 Å². The van der Waals surface area contributed by atoms with E-state index in [1.165, 1.54) is 17.7 Å². The Balaban J connectivity index is 1.72. The molecular formula is C15H18FN3S. The first-order valence-electron chi connectivity index (χ1n) is 6.48. The van der Waals surface area contributed by atoms with Gasteiger partial charge in [0, 0.05) is 20.1 Å². The minimum absolute atomic E-state index is 0.199. The predicted octanol–water partition coefficient (Wildman–Crippen LogP) is 2.79. The van der Waals surface area contributed by atoms with Crippen LogP contribution in [-0.2, 0) is 13.0 Å². The monoisotopic (exact) mass is 291 g/mol. The van der Waals surface area contributed by atoms with Crippen LogP contribution in [0.1, 0.15) is 11.1 Å². The second-order valence-electron chi connectivity index (χ2n) is 4.36. The number of thiophene rings is 1. The minimum atomic E-state index is -0.199. The molecule has 0 amide bonds. The lowest BCUT2D eigenvalue weighted by atomic mass is 10.1. The number of nitrogens with zero attached hydrogens (tertiary/aromatic N) is 1. The lowest BCUT2D eigenvalue weighted by molar-refractivity contribution is 0.626. The number of guanidine groups is 1. The SMILES string of the molecule is CN=C(NCCc1ccc(F)cc1)NCc1ccsc1. The Morgan fingerprint density at radius 1 is 1.15 bits per heavy atom. The summed E-state index contributed by atoms with van der Waals surface area (Å²) >= 11 is 1.68. The van der Waals surface area contributed by atoms with Crippen LogP contribution in [0, 0.1) is 5.82 Å². The summed E-state index contributed by atoms with van der Waals surface area (Å²) in [6.45, 7) is 1.52. The van der Waals surface area contributed by atoms with Gasteiger partial charge < -0.3 is 10.6 Å². The zero-order valence-electron chi connectivity index (χ0n) is 11.4. The van der Waals surface area contributed by atoms with Crippen molar-refractivity contribution >= 4 is 17.3 Å². The van der Waals surface area contributed by atoms with Crippen LogP contribution in [0.15, 0.2) is 46.1 Å². The first-order valence-corrected chi connectivity index (χ1v) is 7.42. The third-order valence-corrected chi connectivity index (χ3v) is 3.62. The first-order chi connectivity index (χ1) is 9.78. The number of benzene rings is 1. The van der Waals surface area contributed by atoms with Gasteiger partial charge in [0.15, 0.2) is 5.96 Å². The van der Waals surface area contributed by atoms with Crippen LogP contribution >= 0.6 is 11.3 Å². The molecule has 106 valence electrons. The van der Waals surface area contributed by atoms with Gasteiger partial charge in [0.25, 0.3) is 0 Å². The summed E-state index contributed by atoms with van der Waals surface area (Å²) in [5, 5.41) is 10.7. The normalized spacial score (nSPS) is 11.4. The summed E-state index contributed by atoms with van der Waals surface area (Å²) in [5.41, 5.74) is 2.35. The summed E-state index contributed by atoms with van der Waals surface area (Å²) in [6, 6.07) is 8.67. The van der Waals surface area contributed by atoms with E-state index in [-0.39, 0.29) is 5.82 Å². The van der Waals surface area contributed by atoms with Crippen LogP contribution in [0.2, 0.25) is 0 Å². The van der Waals surface area contributed by atoms with E-state index in [1.807, 2.05) is 0 Å². The molecule has 2 aromatic rings. The summed E-state index contributed by atoms with van der Waals surface area (Å²) in [6.07, 6.45) is 0.833. The highest BCUT2D eigenvalue weighted by molar-refractivity contribution is 7.07. The van der Waals surface area contributed by atoms with E-state index in [0.717, 1.165) is 31.0 Å². The van der Waals surface area contributed by atoms with Crippen molar-refractivity contribution in [1.29, 1.82) is 0 Å². The maximum atomic E-state index is 12.8. The maximum Gasteiger partial charge on any atom is 0.191 e. The zero-order chi connectivity index (χ0) is 14.2. The molecule has 1 aromatic heterocycles. The van der Waals surface area contributed by atoms with Gasteiger partial charge in [-0.3, -0.25) is 4.99 Å². The van der Waals surface area contributed by atoms with Gasteiger partial charge in [0.1, 0.15) is 5.82 Å². The van der Waals surface area contributed by atoms with E-state index in [1.54, 1.807) is 30.5 Å². The van der Waals surface area contributed by atoms with E-state index >= 15 is 0 Å². The number of nitrogens with one attached hydrogen (secondary N) is 2. The van der Waals surface area contributed by atoms with Crippen LogP contribution < -0.4 is 10.6 Å². The van der Waals surface area contributed by atoms with Crippen LogP contribution in [0.25, 0.3) is 0 Å². The van der Waals surface area contributed by atoms with Gasteiger partial charge in [-0.1, -0.05) is 12.1 Å². The van der Waals surface area contributed by atoms with Crippen LogP contribution in [0.5, 0.6) is 0 Å². The Bertz CT molecular complexity index is 535. The van der Waals surface area contributed by atoms with E-state index in [0.29, 0.717) is 0 Å². The van der Waals surface area contributed by atoms with Crippen LogP contribution in [0.4, 0.5) is 4.39 Å². The van der Waals surface area contributed by atoms with Crippen molar-refractivity contribution in [1.82, 2.24) is 10.6 Å². The number of hydrogen-bond acceptors (Lipinski definition) is 2. The molecule has 0 saturated carbocycles. The summed E-state index contributed by atoms with van der Waals surface area (Å²) in [4.78, 5) is 4.17. The number of aliphatic imine (C=N–C) groups is 1. The molecular weight excluding hydrogens is 273 g/mol. The fourth-order valence-corrected chi connectivity index (χ4v) is 2.44.